The van der Waals surface area contributed by atoms with E-state index in [4.69, 9.17) is 14.8 Å². The average molecular weight is 597 g/mol. The number of ether oxygens (including phenoxy) is 1. The number of carbonyl (C=O) groups excluding carboxylic acids is 1. The van der Waals surface area contributed by atoms with Crippen molar-refractivity contribution in [3.8, 4) is 22.6 Å². The van der Waals surface area contributed by atoms with Gasteiger partial charge in [-0.15, -0.1) is 0 Å². The van der Waals surface area contributed by atoms with E-state index in [1.54, 1.807) is 22.8 Å². The van der Waals surface area contributed by atoms with Gasteiger partial charge >= 0.3 is 0 Å². The standard InChI is InChI=1S/C32H30F2N8O2/c33-22-5-3-19(4-6-22)29-30(42(31(38-29)20-1-2-20)23-10-13-40(14-11-23)24-17-44-18-24)25-7-8-28-36-27(16-41(28)39-25)37-32(43)21-9-12-35-26(34)15-21/h3-9,12,15-16,20,23-24H,1-2,10-11,13-14,17-18H2,(H,37,43). The Bertz CT molecular complexity index is 1850. The number of pyridine rings is 1. The lowest BCUT2D eigenvalue weighted by Gasteiger charge is -2.42. The average Bonchev–Trinajstić information content (AvgIpc) is 3.65. The van der Waals surface area contributed by atoms with Crippen LogP contribution in [0.4, 0.5) is 14.6 Å². The zero-order valence-corrected chi connectivity index (χ0v) is 23.9. The van der Waals surface area contributed by atoms with Crippen molar-refractivity contribution in [2.75, 3.05) is 31.6 Å². The lowest BCUT2D eigenvalue weighted by atomic mass is 10.0. The highest BCUT2D eigenvalue weighted by Crippen LogP contribution is 2.46. The number of anilines is 1. The van der Waals surface area contributed by atoms with Gasteiger partial charge in [0.05, 0.1) is 36.8 Å². The molecule has 3 aliphatic rings. The van der Waals surface area contributed by atoms with Gasteiger partial charge in [0, 0.05) is 48.4 Å². The zero-order valence-electron chi connectivity index (χ0n) is 23.9. The van der Waals surface area contributed by atoms with Gasteiger partial charge in [-0.05, 0) is 68.1 Å². The molecule has 2 aliphatic heterocycles. The van der Waals surface area contributed by atoms with Gasteiger partial charge in [-0.25, -0.2) is 23.9 Å². The van der Waals surface area contributed by atoms with Gasteiger partial charge in [0.2, 0.25) is 5.95 Å². The van der Waals surface area contributed by atoms with Crippen LogP contribution in [0.5, 0.6) is 0 Å². The van der Waals surface area contributed by atoms with Crippen molar-refractivity contribution in [3.05, 3.63) is 84.1 Å². The van der Waals surface area contributed by atoms with Crippen LogP contribution in [0.25, 0.3) is 28.3 Å². The predicted octanol–water partition coefficient (Wildman–Crippen LogP) is 5.10. The molecule has 224 valence electrons. The molecule has 0 spiro atoms. The Kier molecular flexibility index (Phi) is 6.68. The van der Waals surface area contributed by atoms with Crippen molar-refractivity contribution in [1.82, 2.24) is 34.0 Å². The molecule has 1 aromatic carbocycles. The molecule has 12 heteroatoms. The van der Waals surface area contributed by atoms with Crippen LogP contribution in [0.15, 0.2) is 60.9 Å². The zero-order chi connectivity index (χ0) is 29.8. The number of piperidine rings is 1. The lowest BCUT2D eigenvalue weighted by molar-refractivity contribution is -0.0731. The summed E-state index contributed by atoms with van der Waals surface area (Å²) in [6.45, 7) is 3.59. The molecule has 5 aromatic rings. The van der Waals surface area contributed by atoms with E-state index >= 15 is 0 Å². The number of hydrogen-bond donors (Lipinski definition) is 1. The van der Waals surface area contributed by atoms with Crippen LogP contribution in [0.2, 0.25) is 0 Å². The van der Waals surface area contributed by atoms with Gasteiger partial charge in [0.25, 0.3) is 5.91 Å². The second-order valence-corrected chi connectivity index (χ2v) is 11.7. The number of aromatic nitrogens is 6. The van der Waals surface area contributed by atoms with E-state index in [2.05, 4.69) is 24.8 Å². The molecule has 1 amide bonds. The van der Waals surface area contributed by atoms with Crippen molar-refractivity contribution >= 4 is 17.4 Å². The molecule has 44 heavy (non-hydrogen) atoms. The number of rotatable bonds is 7. The molecule has 0 atom stereocenters. The number of amides is 1. The second-order valence-electron chi connectivity index (χ2n) is 11.7. The van der Waals surface area contributed by atoms with Crippen LogP contribution in [0.3, 0.4) is 0 Å². The second kappa shape index (κ2) is 10.9. The van der Waals surface area contributed by atoms with E-state index in [0.717, 1.165) is 80.8 Å². The molecule has 1 aliphatic carbocycles. The highest BCUT2D eigenvalue weighted by molar-refractivity contribution is 6.03. The highest BCUT2D eigenvalue weighted by atomic mass is 19.1. The minimum absolute atomic E-state index is 0.138. The number of likely N-dealkylation sites (tertiary alicyclic amines) is 1. The van der Waals surface area contributed by atoms with Crippen molar-refractivity contribution in [2.24, 2.45) is 0 Å². The molecule has 0 bridgehead atoms. The molecule has 4 aromatic heterocycles. The summed E-state index contributed by atoms with van der Waals surface area (Å²) in [7, 11) is 0. The minimum Gasteiger partial charge on any atom is -0.378 e. The Labute approximate surface area is 251 Å². The summed E-state index contributed by atoms with van der Waals surface area (Å²) < 4.78 is 37.0. The van der Waals surface area contributed by atoms with E-state index in [0.29, 0.717) is 23.3 Å². The third-order valence-corrected chi connectivity index (χ3v) is 8.79. The normalized spacial score (nSPS) is 18.0. The van der Waals surface area contributed by atoms with Crippen molar-refractivity contribution in [1.29, 1.82) is 0 Å². The fraction of sp³-hybridized carbons (Fsp3) is 0.344. The number of halogens is 2. The topological polar surface area (TPSA) is 102 Å². The van der Waals surface area contributed by atoms with Crippen LogP contribution in [0.1, 0.15) is 53.8 Å². The molecule has 10 nitrogen and oxygen atoms in total. The smallest absolute Gasteiger partial charge is 0.257 e. The monoisotopic (exact) mass is 596 g/mol. The first-order chi connectivity index (χ1) is 21.5. The maximum Gasteiger partial charge on any atom is 0.257 e. The fourth-order valence-electron chi connectivity index (χ4n) is 6.25. The summed E-state index contributed by atoms with van der Waals surface area (Å²) in [5.41, 5.74) is 3.89. The van der Waals surface area contributed by atoms with Crippen LogP contribution in [0, 0.1) is 11.8 Å². The van der Waals surface area contributed by atoms with Crippen LogP contribution in [-0.4, -0.2) is 72.3 Å². The number of carbonyl (C=O) groups is 1. The predicted molar refractivity (Wildman–Crippen MR) is 158 cm³/mol. The Morgan fingerprint density at radius 3 is 2.43 bits per heavy atom. The Hall–Kier alpha value is -4.55. The fourth-order valence-corrected chi connectivity index (χ4v) is 6.25. The Morgan fingerprint density at radius 1 is 0.932 bits per heavy atom. The molecular weight excluding hydrogens is 566 g/mol. The van der Waals surface area contributed by atoms with E-state index < -0.39 is 11.9 Å². The quantitative estimate of drug-likeness (QED) is 0.261. The van der Waals surface area contributed by atoms with Crippen LogP contribution in [-0.2, 0) is 4.74 Å². The van der Waals surface area contributed by atoms with Gasteiger partial charge in [0.1, 0.15) is 17.3 Å². The molecule has 2 saturated heterocycles. The minimum atomic E-state index is -0.735. The van der Waals surface area contributed by atoms with Gasteiger partial charge < -0.3 is 14.6 Å². The van der Waals surface area contributed by atoms with E-state index in [-0.39, 0.29) is 23.2 Å². The number of fused-ring (bicyclic) bond motifs is 1. The number of nitrogens with one attached hydrogen (secondary N) is 1. The third kappa shape index (κ3) is 5.03. The van der Waals surface area contributed by atoms with Gasteiger partial charge in [-0.2, -0.15) is 9.49 Å². The summed E-state index contributed by atoms with van der Waals surface area (Å²) in [5, 5.41) is 7.67. The first kappa shape index (κ1) is 27.0. The van der Waals surface area contributed by atoms with E-state index in [9.17, 15) is 13.6 Å². The molecule has 1 saturated carbocycles. The summed E-state index contributed by atoms with van der Waals surface area (Å²) in [6, 6.07) is 13.5. The molecule has 0 unspecified atom stereocenters. The summed E-state index contributed by atoms with van der Waals surface area (Å²) in [4.78, 5) is 28.5. The number of benzene rings is 1. The third-order valence-electron chi connectivity index (χ3n) is 8.79. The van der Waals surface area contributed by atoms with Crippen molar-refractivity contribution < 1.29 is 18.3 Å². The number of imidazole rings is 2. The van der Waals surface area contributed by atoms with Gasteiger partial charge in [0.15, 0.2) is 11.5 Å². The van der Waals surface area contributed by atoms with Crippen LogP contribution < -0.4 is 5.32 Å². The summed E-state index contributed by atoms with van der Waals surface area (Å²) >= 11 is 0. The summed E-state index contributed by atoms with van der Waals surface area (Å²) in [5.74, 6) is 0.204. The molecule has 3 fully saturated rings. The van der Waals surface area contributed by atoms with Gasteiger partial charge in [-0.3, -0.25) is 9.69 Å². The molecular formula is C32H30F2N8O2. The van der Waals surface area contributed by atoms with Crippen LogP contribution >= 0.6 is 0 Å². The van der Waals surface area contributed by atoms with Gasteiger partial charge in [-0.1, -0.05) is 0 Å². The molecule has 1 N–H and O–H groups in total. The Balaban J connectivity index is 1.18. The van der Waals surface area contributed by atoms with Crippen molar-refractivity contribution in [2.45, 2.75) is 43.7 Å². The molecule has 6 heterocycles. The largest absolute Gasteiger partial charge is 0.378 e. The van der Waals surface area contributed by atoms with E-state index in [1.807, 2.05) is 12.1 Å². The Morgan fingerprint density at radius 2 is 1.73 bits per heavy atom. The van der Waals surface area contributed by atoms with Crippen molar-refractivity contribution in [3.63, 3.8) is 0 Å². The first-order valence-corrected chi connectivity index (χ1v) is 15.0. The SMILES string of the molecule is O=C(Nc1cn2nc(-c3c(-c4ccc(F)cc4)nc(C4CC4)n3C3CCN(C4COC4)CC3)ccc2n1)c1ccnc(F)c1. The number of nitrogens with zero attached hydrogens (tertiary/aromatic N) is 7. The molecule has 0 radical (unpaired) electrons. The first-order valence-electron chi connectivity index (χ1n) is 15.0. The van der Waals surface area contributed by atoms with E-state index in [1.165, 1.54) is 24.4 Å². The lowest BCUT2D eigenvalue weighted by Crippen LogP contribution is -2.52. The maximum atomic E-state index is 14.0. The number of hydrogen-bond acceptors (Lipinski definition) is 7. The summed E-state index contributed by atoms with van der Waals surface area (Å²) in [6.07, 6.45) is 7.04. The molecule has 8 rings (SSSR count). The maximum absolute atomic E-state index is 14.0. The highest BCUT2D eigenvalue weighted by Gasteiger charge is 2.37.